The molecule has 2 aliphatic heterocycles. The topological polar surface area (TPSA) is 68.1 Å². The van der Waals surface area contributed by atoms with Gasteiger partial charge in [-0.3, -0.25) is 4.99 Å². The lowest BCUT2D eigenvalue weighted by Gasteiger charge is -2.31. The number of aliphatic carboxylic acids is 1. The SMILES string of the molecule is CC1(C)Cc2cc(OCC(=O)O)c3c(c2C(c2ccccc2)=N1)CC(C)(C)O3. The number of nitrogens with zero attached hydrogens (tertiary/aromatic N) is 1. The van der Waals surface area contributed by atoms with Gasteiger partial charge in [-0.25, -0.2) is 4.79 Å². The fourth-order valence-electron chi connectivity index (χ4n) is 4.12. The van der Waals surface area contributed by atoms with Crippen molar-refractivity contribution >= 4 is 11.7 Å². The van der Waals surface area contributed by atoms with E-state index in [9.17, 15) is 4.79 Å². The number of ether oxygens (including phenoxy) is 2. The first-order chi connectivity index (χ1) is 13.2. The number of hydrogen-bond donors (Lipinski definition) is 1. The van der Waals surface area contributed by atoms with Gasteiger partial charge < -0.3 is 14.6 Å². The third-order valence-corrected chi connectivity index (χ3v) is 5.08. The highest BCUT2D eigenvalue weighted by atomic mass is 16.5. The molecular formula is C23H25NO4. The van der Waals surface area contributed by atoms with Crippen LogP contribution in [-0.2, 0) is 17.6 Å². The molecule has 5 heteroatoms. The van der Waals surface area contributed by atoms with E-state index in [1.807, 2.05) is 38.1 Å². The molecule has 0 amide bonds. The number of aliphatic imine (C=N–C) groups is 1. The van der Waals surface area contributed by atoms with Crippen molar-refractivity contribution in [3.63, 3.8) is 0 Å². The van der Waals surface area contributed by atoms with Gasteiger partial charge in [0.1, 0.15) is 5.60 Å². The third kappa shape index (κ3) is 3.37. The van der Waals surface area contributed by atoms with Gasteiger partial charge in [0.25, 0.3) is 0 Å². The molecule has 2 aromatic carbocycles. The minimum Gasteiger partial charge on any atom is -0.483 e. The van der Waals surface area contributed by atoms with Gasteiger partial charge in [-0.2, -0.15) is 0 Å². The summed E-state index contributed by atoms with van der Waals surface area (Å²) in [5.41, 5.74) is 4.69. The summed E-state index contributed by atoms with van der Waals surface area (Å²) in [5.74, 6) is 0.149. The molecule has 2 heterocycles. The standard InChI is InChI=1S/C23H25NO4/c1-22(2)11-15-10-17(27-13-18(25)26)21-16(12-23(3,4)28-21)19(15)20(24-22)14-8-6-5-7-9-14/h5-10H,11-13H2,1-4H3,(H,25,26). The van der Waals surface area contributed by atoms with Crippen LogP contribution in [0.4, 0.5) is 0 Å². The Morgan fingerprint density at radius 1 is 1.18 bits per heavy atom. The quantitative estimate of drug-likeness (QED) is 0.871. The second-order valence-corrected chi connectivity index (χ2v) is 8.75. The average Bonchev–Trinajstić information content (AvgIpc) is 2.93. The predicted octanol–water partition coefficient (Wildman–Crippen LogP) is 4.04. The summed E-state index contributed by atoms with van der Waals surface area (Å²) in [4.78, 5) is 16.1. The molecule has 0 aromatic heterocycles. The van der Waals surface area contributed by atoms with E-state index in [4.69, 9.17) is 19.6 Å². The van der Waals surface area contributed by atoms with Crippen LogP contribution in [0.1, 0.15) is 49.9 Å². The number of carboxylic acids is 1. The van der Waals surface area contributed by atoms with Gasteiger partial charge in [0.05, 0.1) is 11.3 Å². The Labute approximate surface area is 165 Å². The van der Waals surface area contributed by atoms with E-state index in [-0.39, 0.29) is 11.1 Å². The van der Waals surface area contributed by atoms with Gasteiger partial charge in [0.15, 0.2) is 18.1 Å². The third-order valence-electron chi connectivity index (χ3n) is 5.08. The lowest BCUT2D eigenvalue weighted by Crippen LogP contribution is -2.30. The van der Waals surface area contributed by atoms with Crippen LogP contribution in [-0.4, -0.2) is 34.5 Å². The molecule has 0 fully saturated rings. The fourth-order valence-corrected chi connectivity index (χ4v) is 4.12. The van der Waals surface area contributed by atoms with Crippen LogP contribution in [0, 0.1) is 0 Å². The van der Waals surface area contributed by atoms with Crippen LogP contribution >= 0.6 is 0 Å². The van der Waals surface area contributed by atoms with Crippen LogP contribution in [0.2, 0.25) is 0 Å². The summed E-state index contributed by atoms with van der Waals surface area (Å²) in [6.45, 7) is 7.91. The number of rotatable bonds is 4. The summed E-state index contributed by atoms with van der Waals surface area (Å²) in [6.07, 6.45) is 1.48. The van der Waals surface area contributed by atoms with Crippen molar-refractivity contribution in [2.75, 3.05) is 6.61 Å². The molecule has 2 aromatic rings. The first kappa shape index (κ1) is 18.5. The number of carboxylic acid groups (broad SMARTS) is 1. The minimum absolute atomic E-state index is 0.258. The van der Waals surface area contributed by atoms with Gasteiger partial charge >= 0.3 is 5.97 Å². The fraction of sp³-hybridized carbons (Fsp3) is 0.391. The molecule has 0 saturated carbocycles. The highest BCUT2D eigenvalue weighted by molar-refractivity contribution is 6.16. The van der Waals surface area contributed by atoms with E-state index >= 15 is 0 Å². The van der Waals surface area contributed by atoms with E-state index in [0.29, 0.717) is 11.5 Å². The minimum atomic E-state index is -1.00. The van der Waals surface area contributed by atoms with Crippen LogP contribution < -0.4 is 9.47 Å². The molecule has 1 N–H and O–H groups in total. The first-order valence-corrected chi connectivity index (χ1v) is 9.53. The van der Waals surface area contributed by atoms with Crippen molar-refractivity contribution in [1.29, 1.82) is 0 Å². The lowest BCUT2D eigenvalue weighted by molar-refractivity contribution is -0.139. The van der Waals surface area contributed by atoms with Crippen molar-refractivity contribution < 1.29 is 19.4 Å². The molecule has 4 rings (SSSR count). The van der Waals surface area contributed by atoms with Gasteiger partial charge in [-0.1, -0.05) is 30.3 Å². The van der Waals surface area contributed by atoms with Crippen molar-refractivity contribution in [2.45, 2.75) is 51.7 Å². The summed E-state index contributed by atoms with van der Waals surface area (Å²) in [6, 6.07) is 12.1. The largest absolute Gasteiger partial charge is 0.483 e. The second-order valence-electron chi connectivity index (χ2n) is 8.75. The van der Waals surface area contributed by atoms with E-state index in [1.54, 1.807) is 0 Å². The zero-order valence-corrected chi connectivity index (χ0v) is 16.7. The number of benzene rings is 2. The van der Waals surface area contributed by atoms with E-state index in [0.717, 1.165) is 40.8 Å². The highest BCUT2D eigenvalue weighted by Gasteiger charge is 2.39. The Bertz CT molecular complexity index is 974. The maximum Gasteiger partial charge on any atom is 0.341 e. The molecule has 0 spiro atoms. The van der Waals surface area contributed by atoms with E-state index in [1.165, 1.54) is 0 Å². The van der Waals surface area contributed by atoms with Crippen LogP contribution in [0.15, 0.2) is 41.4 Å². The van der Waals surface area contributed by atoms with Crippen molar-refractivity contribution in [3.05, 3.63) is 58.7 Å². The van der Waals surface area contributed by atoms with Gasteiger partial charge in [0.2, 0.25) is 0 Å². The van der Waals surface area contributed by atoms with Gasteiger partial charge in [-0.05, 0) is 45.7 Å². The molecule has 146 valence electrons. The highest BCUT2D eigenvalue weighted by Crippen LogP contribution is 2.47. The smallest absolute Gasteiger partial charge is 0.341 e. The van der Waals surface area contributed by atoms with E-state index < -0.39 is 12.6 Å². The maximum atomic E-state index is 11.0. The Hall–Kier alpha value is -2.82. The molecular weight excluding hydrogens is 354 g/mol. The zero-order chi connectivity index (χ0) is 20.1. The van der Waals surface area contributed by atoms with Crippen molar-refractivity contribution in [2.24, 2.45) is 4.99 Å². The summed E-state index contributed by atoms with van der Waals surface area (Å²) in [5, 5.41) is 9.05. The van der Waals surface area contributed by atoms with Crippen molar-refractivity contribution in [1.82, 2.24) is 0 Å². The summed E-state index contributed by atoms with van der Waals surface area (Å²) < 4.78 is 11.8. The second kappa shape index (κ2) is 6.36. The first-order valence-electron chi connectivity index (χ1n) is 9.53. The molecule has 0 bridgehead atoms. The summed E-state index contributed by atoms with van der Waals surface area (Å²) >= 11 is 0. The monoisotopic (exact) mass is 379 g/mol. The predicted molar refractivity (Wildman–Crippen MR) is 108 cm³/mol. The number of carbonyl (C=O) groups is 1. The van der Waals surface area contributed by atoms with Crippen LogP contribution in [0.5, 0.6) is 11.5 Å². The Morgan fingerprint density at radius 3 is 2.57 bits per heavy atom. The maximum absolute atomic E-state index is 11.0. The normalized spacial score (nSPS) is 18.5. The zero-order valence-electron chi connectivity index (χ0n) is 16.7. The van der Waals surface area contributed by atoms with Crippen LogP contribution in [0.25, 0.3) is 0 Å². The summed E-state index contributed by atoms with van der Waals surface area (Å²) in [7, 11) is 0. The van der Waals surface area contributed by atoms with Gasteiger partial charge in [-0.15, -0.1) is 0 Å². The van der Waals surface area contributed by atoms with Crippen molar-refractivity contribution in [3.8, 4) is 11.5 Å². The molecule has 0 unspecified atom stereocenters. The Kier molecular flexibility index (Phi) is 4.21. The van der Waals surface area contributed by atoms with Crippen LogP contribution in [0.3, 0.4) is 0 Å². The number of hydrogen-bond acceptors (Lipinski definition) is 4. The molecule has 5 nitrogen and oxygen atoms in total. The molecule has 28 heavy (non-hydrogen) atoms. The van der Waals surface area contributed by atoms with Gasteiger partial charge in [0, 0.05) is 23.1 Å². The Morgan fingerprint density at radius 2 is 1.89 bits per heavy atom. The lowest BCUT2D eigenvalue weighted by atomic mass is 9.81. The molecule has 0 saturated heterocycles. The van der Waals surface area contributed by atoms with E-state index in [2.05, 4.69) is 26.0 Å². The number of fused-ring (bicyclic) bond motifs is 3. The Balaban J connectivity index is 1.93. The molecule has 0 aliphatic carbocycles. The average molecular weight is 379 g/mol. The molecule has 0 radical (unpaired) electrons. The molecule has 2 aliphatic rings. The molecule has 0 atom stereocenters.